The van der Waals surface area contributed by atoms with Crippen molar-refractivity contribution in [2.24, 2.45) is 0 Å². The molecule has 0 rings (SSSR count). The molecule has 0 aromatic heterocycles. The van der Waals surface area contributed by atoms with E-state index in [1.807, 2.05) is 6.92 Å². The van der Waals surface area contributed by atoms with E-state index in [0.717, 1.165) is 12.8 Å². The van der Waals surface area contributed by atoms with E-state index in [4.69, 9.17) is 5.11 Å². The molecule has 0 radical (unpaired) electrons. The van der Waals surface area contributed by atoms with Crippen molar-refractivity contribution < 1.29 is 18.3 Å². The van der Waals surface area contributed by atoms with E-state index in [2.05, 4.69) is 0 Å². The Bertz CT molecular complexity index is 111. The first-order chi connectivity index (χ1) is 5.45. The predicted octanol–water partition coefficient (Wildman–Crippen LogP) is 2.88. The number of hydrogen-bond donors (Lipinski definition) is 1. The van der Waals surface area contributed by atoms with E-state index in [1.54, 1.807) is 0 Å². The van der Waals surface area contributed by atoms with Gasteiger partial charge >= 0.3 is 6.18 Å². The molecule has 0 saturated heterocycles. The maximum Gasteiger partial charge on any atom is 0.389 e. The van der Waals surface area contributed by atoms with Gasteiger partial charge in [0.2, 0.25) is 0 Å². The summed E-state index contributed by atoms with van der Waals surface area (Å²) in [5.74, 6) is 0. The molecule has 12 heavy (non-hydrogen) atoms. The van der Waals surface area contributed by atoms with Crippen molar-refractivity contribution in [3.8, 4) is 0 Å². The van der Waals surface area contributed by atoms with E-state index in [-0.39, 0.29) is 6.42 Å². The first-order valence-corrected chi connectivity index (χ1v) is 4.20. The zero-order chi connectivity index (χ0) is 9.61. The number of unbranched alkanes of at least 4 members (excludes halogenated alkanes) is 1. The van der Waals surface area contributed by atoms with Gasteiger partial charge in [0.25, 0.3) is 0 Å². The van der Waals surface area contributed by atoms with Crippen LogP contribution in [0.2, 0.25) is 0 Å². The van der Waals surface area contributed by atoms with Gasteiger partial charge in [0, 0.05) is 6.42 Å². The van der Waals surface area contributed by atoms with Crippen LogP contribution in [0.15, 0.2) is 0 Å². The van der Waals surface area contributed by atoms with Gasteiger partial charge in [0.1, 0.15) is 0 Å². The third-order valence-corrected chi connectivity index (χ3v) is 1.65. The number of hydrogen-bond acceptors (Lipinski definition) is 1. The molecule has 0 bridgehead atoms. The van der Waals surface area contributed by atoms with Crippen LogP contribution in [0.25, 0.3) is 0 Å². The van der Waals surface area contributed by atoms with Crippen molar-refractivity contribution in [1.29, 1.82) is 0 Å². The molecule has 1 atom stereocenters. The first kappa shape index (κ1) is 11.8. The summed E-state index contributed by atoms with van der Waals surface area (Å²) in [5.41, 5.74) is 0. The van der Waals surface area contributed by atoms with Gasteiger partial charge in [-0.2, -0.15) is 13.2 Å². The van der Waals surface area contributed by atoms with Gasteiger partial charge in [-0.3, -0.25) is 0 Å². The van der Waals surface area contributed by atoms with Crippen molar-refractivity contribution >= 4 is 0 Å². The molecule has 0 fully saturated rings. The molecule has 0 aliphatic carbocycles. The highest BCUT2D eigenvalue weighted by molar-refractivity contribution is 4.59. The molecule has 1 nitrogen and oxygen atoms in total. The summed E-state index contributed by atoms with van der Waals surface area (Å²) in [4.78, 5) is 0. The zero-order valence-electron chi connectivity index (χ0n) is 7.19. The van der Waals surface area contributed by atoms with Crippen molar-refractivity contribution in [2.45, 2.75) is 51.3 Å². The molecule has 4 heteroatoms. The van der Waals surface area contributed by atoms with Gasteiger partial charge in [-0.05, 0) is 12.8 Å². The van der Waals surface area contributed by atoms with Gasteiger partial charge in [0.05, 0.1) is 6.10 Å². The molecule has 0 aliphatic heterocycles. The summed E-state index contributed by atoms with van der Waals surface area (Å²) in [5, 5.41) is 9.04. The molecule has 1 unspecified atom stereocenters. The Labute approximate surface area is 70.6 Å². The van der Waals surface area contributed by atoms with E-state index >= 15 is 0 Å². The minimum absolute atomic E-state index is 0.163. The lowest BCUT2D eigenvalue weighted by atomic mass is 10.1. The average Bonchev–Trinajstić information content (AvgIpc) is 1.95. The number of rotatable bonds is 5. The van der Waals surface area contributed by atoms with Crippen LogP contribution >= 0.6 is 0 Å². The summed E-state index contributed by atoms with van der Waals surface area (Å²) < 4.78 is 34.9. The summed E-state index contributed by atoms with van der Waals surface area (Å²) in [6, 6.07) is 0. The van der Waals surface area contributed by atoms with Crippen LogP contribution in [-0.2, 0) is 0 Å². The van der Waals surface area contributed by atoms with Crippen LogP contribution in [0, 0.1) is 0 Å². The Morgan fingerprint density at radius 1 is 1.25 bits per heavy atom. The van der Waals surface area contributed by atoms with E-state index in [9.17, 15) is 13.2 Å². The normalized spacial score (nSPS) is 14.8. The topological polar surface area (TPSA) is 20.2 Å². The Balaban J connectivity index is 3.37. The smallest absolute Gasteiger partial charge is 0.389 e. The first-order valence-electron chi connectivity index (χ1n) is 4.20. The molecule has 0 aromatic rings. The maximum atomic E-state index is 11.6. The number of halogens is 3. The minimum Gasteiger partial charge on any atom is -0.393 e. The fourth-order valence-electron chi connectivity index (χ4n) is 0.914. The van der Waals surface area contributed by atoms with Crippen LogP contribution in [0.1, 0.15) is 39.0 Å². The van der Waals surface area contributed by atoms with Crippen LogP contribution in [-0.4, -0.2) is 17.4 Å². The fraction of sp³-hybridized carbons (Fsp3) is 1.00. The van der Waals surface area contributed by atoms with E-state index in [1.165, 1.54) is 0 Å². The Kier molecular flexibility index (Phi) is 5.29. The highest BCUT2D eigenvalue weighted by atomic mass is 19.4. The summed E-state index contributed by atoms with van der Waals surface area (Å²) in [6.07, 6.45) is -3.78. The molecule has 0 spiro atoms. The third-order valence-electron chi connectivity index (χ3n) is 1.65. The van der Waals surface area contributed by atoms with Gasteiger partial charge in [-0.25, -0.2) is 0 Å². The largest absolute Gasteiger partial charge is 0.393 e. The predicted molar refractivity (Wildman–Crippen MR) is 40.8 cm³/mol. The van der Waals surface area contributed by atoms with Crippen molar-refractivity contribution in [3.63, 3.8) is 0 Å². The Morgan fingerprint density at radius 2 is 1.83 bits per heavy atom. The van der Waals surface area contributed by atoms with Crippen LogP contribution in [0.5, 0.6) is 0 Å². The van der Waals surface area contributed by atoms with Crippen molar-refractivity contribution in [3.05, 3.63) is 0 Å². The van der Waals surface area contributed by atoms with Gasteiger partial charge in [-0.15, -0.1) is 0 Å². The molecule has 0 saturated carbocycles. The lowest BCUT2D eigenvalue weighted by molar-refractivity contribution is -0.140. The van der Waals surface area contributed by atoms with Crippen molar-refractivity contribution in [1.82, 2.24) is 0 Å². The SMILES string of the molecule is CCCCC(O)CCC(F)(F)F. The molecule has 0 aliphatic rings. The summed E-state index contributed by atoms with van der Waals surface area (Å²) in [7, 11) is 0. The molecular weight excluding hydrogens is 169 g/mol. The maximum absolute atomic E-state index is 11.6. The van der Waals surface area contributed by atoms with Gasteiger partial charge in [0.15, 0.2) is 0 Å². The van der Waals surface area contributed by atoms with E-state index < -0.39 is 18.7 Å². The highest BCUT2D eigenvalue weighted by Gasteiger charge is 2.27. The second-order valence-corrected chi connectivity index (χ2v) is 2.95. The number of aliphatic hydroxyl groups is 1. The van der Waals surface area contributed by atoms with Gasteiger partial charge in [-0.1, -0.05) is 19.8 Å². The third kappa shape index (κ3) is 7.85. The summed E-state index contributed by atoms with van der Waals surface area (Å²) in [6.45, 7) is 1.94. The lowest BCUT2D eigenvalue weighted by Gasteiger charge is -2.11. The number of aliphatic hydroxyl groups excluding tert-OH is 1. The minimum atomic E-state index is -4.13. The Morgan fingerprint density at radius 3 is 2.25 bits per heavy atom. The van der Waals surface area contributed by atoms with E-state index in [0.29, 0.717) is 6.42 Å². The van der Waals surface area contributed by atoms with Crippen LogP contribution < -0.4 is 0 Å². The average molecular weight is 184 g/mol. The number of alkyl halides is 3. The second kappa shape index (κ2) is 5.41. The summed E-state index contributed by atoms with van der Waals surface area (Å²) >= 11 is 0. The molecule has 74 valence electrons. The molecule has 1 N–H and O–H groups in total. The second-order valence-electron chi connectivity index (χ2n) is 2.95. The zero-order valence-corrected chi connectivity index (χ0v) is 7.19. The monoisotopic (exact) mass is 184 g/mol. The van der Waals surface area contributed by atoms with Crippen molar-refractivity contribution in [2.75, 3.05) is 0 Å². The van der Waals surface area contributed by atoms with Crippen LogP contribution in [0.3, 0.4) is 0 Å². The van der Waals surface area contributed by atoms with Crippen LogP contribution in [0.4, 0.5) is 13.2 Å². The lowest BCUT2D eigenvalue weighted by Crippen LogP contribution is -2.14. The highest BCUT2D eigenvalue weighted by Crippen LogP contribution is 2.23. The standard InChI is InChI=1S/C8H15F3O/c1-2-3-4-7(12)5-6-8(9,10)11/h7,12H,2-6H2,1H3. The molecule has 0 heterocycles. The molecule has 0 aromatic carbocycles. The molecule has 0 amide bonds. The van der Waals surface area contributed by atoms with Gasteiger partial charge < -0.3 is 5.11 Å². The Hall–Kier alpha value is -0.250. The fourth-order valence-corrected chi connectivity index (χ4v) is 0.914. The quantitative estimate of drug-likeness (QED) is 0.696. The molecular formula is C8H15F3O.